The van der Waals surface area contributed by atoms with Crippen LogP contribution in [-0.4, -0.2) is 27.4 Å². The van der Waals surface area contributed by atoms with Gasteiger partial charge in [-0.2, -0.15) is 0 Å². The number of carbonyl (C=O) groups excluding carboxylic acids is 1. The maximum atomic E-state index is 12.3. The summed E-state index contributed by atoms with van der Waals surface area (Å²) in [7, 11) is 4.55. The molecule has 0 fully saturated rings. The Morgan fingerprint density at radius 2 is 1.68 bits per heavy atom. The Morgan fingerprint density at radius 3 is 2.20 bits per heavy atom. The Bertz CT molecular complexity index is 727. The Balaban J connectivity index is 2.12. The zero-order valence-corrected chi connectivity index (χ0v) is 15.3. The van der Waals surface area contributed by atoms with Crippen LogP contribution in [0.1, 0.15) is 18.5 Å². The van der Waals surface area contributed by atoms with Gasteiger partial charge in [0.15, 0.2) is 11.5 Å². The smallest absolute Gasteiger partial charge is 0.319 e. The van der Waals surface area contributed by atoms with Gasteiger partial charge in [0.05, 0.1) is 33.1 Å². The lowest BCUT2D eigenvalue weighted by Crippen LogP contribution is -2.31. The van der Waals surface area contributed by atoms with Crippen LogP contribution in [0.5, 0.6) is 17.2 Å². The van der Waals surface area contributed by atoms with Crippen molar-refractivity contribution in [1.82, 2.24) is 5.32 Å². The highest BCUT2D eigenvalue weighted by molar-refractivity contribution is 6.30. The molecule has 134 valence electrons. The molecule has 0 saturated heterocycles. The third kappa shape index (κ3) is 4.70. The number of halogens is 1. The van der Waals surface area contributed by atoms with E-state index in [1.165, 1.54) is 21.3 Å². The highest BCUT2D eigenvalue weighted by Crippen LogP contribution is 2.39. The first-order valence-electron chi connectivity index (χ1n) is 7.61. The van der Waals surface area contributed by atoms with Crippen molar-refractivity contribution in [3.63, 3.8) is 0 Å². The minimum atomic E-state index is -0.359. The molecule has 6 nitrogen and oxygen atoms in total. The molecule has 2 amide bonds. The number of amides is 2. The fraction of sp³-hybridized carbons (Fsp3) is 0.278. The number of benzene rings is 2. The van der Waals surface area contributed by atoms with Gasteiger partial charge in [0.2, 0.25) is 5.75 Å². The van der Waals surface area contributed by atoms with Crippen molar-refractivity contribution in [1.29, 1.82) is 0 Å². The lowest BCUT2D eigenvalue weighted by Gasteiger charge is -2.17. The van der Waals surface area contributed by atoms with Crippen molar-refractivity contribution in [2.24, 2.45) is 0 Å². The van der Waals surface area contributed by atoms with Gasteiger partial charge >= 0.3 is 6.03 Å². The number of methoxy groups -OCH3 is 3. The van der Waals surface area contributed by atoms with E-state index >= 15 is 0 Å². The molecule has 0 aliphatic carbocycles. The van der Waals surface area contributed by atoms with E-state index in [0.29, 0.717) is 28.0 Å². The Labute approximate surface area is 152 Å². The van der Waals surface area contributed by atoms with Crippen molar-refractivity contribution in [3.05, 3.63) is 47.0 Å². The van der Waals surface area contributed by atoms with Crippen LogP contribution in [0, 0.1) is 0 Å². The second kappa shape index (κ2) is 8.48. The molecular weight excluding hydrogens is 344 g/mol. The largest absolute Gasteiger partial charge is 0.493 e. The fourth-order valence-corrected chi connectivity index (χ4v) is 2.58. The normalized spacial score (nSPS) is 11.4. The summed E-state index contributed by atoms with van der Waals surface area (Å²) in [6.45, 7) is 1.88. The van der Waals surface area contributed by atoms with Gasteiger partial charge in [-0.05, 0) is 24.6 Å². The number of nitrogens with one attached hydrogen (secondary N) is 2. The summed E-state index contributed by atoms with van der Waals surface area (Å²) in [6.07, 6.45) is 0. The molecule has 0 heterocycles. The van der Waals surface area contributed by atoms with Crippen LogP contribution in [0.2, 0.25) is 5.02 Å². The van der Waals surface area contributed by atoms with Gasteiger partial charge in [0.25, 0.3) is 0 Å². The van der Waals surface area contributed by atoms with E-state index in [2.05, 4.69) is 10.6 Å². The number of hydrogen-bond acceptors (Lipinski definition) is 4. The zero-order chi connectivity index (χ0) is 18.4. The van der Waals surface area contributed by atoms with E-state index in [0.717, 1.165) is 5.56 Å². The molecule has 0 bridgehead atoms. The third-order valence-electron chi connectivity index (χ3n) is 3.62. The molecule has 2 aromatic carbocycles. The summed E-state index contributed by atoms with van der Waals surface area (Å²) in [6, 6.07) is 10.1. The summed E-state index contributed by atoms with van der Waals surface area (Å²) in [4.78, 5) is 12.3. The molecule has 1 atom stereocenters. The summed E-state index contributed by atoms with van der Waals surface area (Å²) in [5.41, 5.74) is 1.43. The first-order chi connectivity index (χ1) is 12.0. The average molecular weight is 365 g/mol. The summed E-state index contributed by atoms with van der Waals surface area (Å²) in [5.74, 6) is 1.38. The molecule has 1 unspecified atom stereocenters. The molecular formula is C18H21ClN2O4. The van der Waals surface area contributed by atoms with Crippen LogP contribution in [0.15, 0.2) is 36.4 Å². The Morgan fingerprint density at radius 1 is 1.04 bits per heavy atom. The van der Waals surface area contributed by atoms with E-state index in [1.54, 1.807) is 18.2 Å². The van der Waals surface area contributed by atoms with E-state index < -0.39 is 0 Å². The zero-order valence-electron chi connectivity index (χ0n) is 14.6. The second-order valence-electron chi connectivity index (χ2n) is 5.29. The average Bonchev–Trinajstić information content (AvgIpc) is 2.60. The maximum absolute atomic E-state index is 12.3. The van der Waals surface area contributed by atoms with E-state index in [1.807, 2.05) is 25.1 Å². The number of anilines is 1. The lowest BCUT2D eigenvalue weighted by atomic mass is 10.1. The van der Waals surface area contributed by atoms with Crippen LogP contribution >= 0.6 is 11.6 Å². The van der Waals surface area contributed by atoms with Gasteiger partial charge in [-0.15, -0.1) is 0 Å². The minimum absolute atomic E-state index is 0.208. The lowest BCUT2D eigenvalue weighted by molar-refractivity contribution is 0.249. The van der Waals surface area contributed by atoms with Gasteiger partial charge in [-0.1, -0.05) is 23.7 Å². The quantitative estimate of drug-likeness (QED) is 0.804. The minimum Gasteiger partial charge on any atom is -0.493 e. The molecule has 0 aliphatic heterocycles. The predicted molar refractivity (Wildman–Crippen MR) is 98.1 cm³/mol. The van der Waals surface area contributed by atoms with Crippen molar-refractivity contribution in [3.8, 4) is 17.2 Å². The van der Waals surface area contributed by atoms with Crippen LogP contribution in [0.4, 0.5) is 10.5 Å². The molecule has 2 rings (SSSR count). The molecule has 0 saturated carbocycles. The summed E-state index contributed by atoms with van der Waals surface area (Å²) >= 11 is 5.98. The van der Waals surface area contributed by atoms with Gasteiger partial charge in [-0.25, -0.2) is 4.79 Å². The van der Waals surface area contributed by atoms with E-state index in [4.69, 9.17) is 25.8 Å². The van der Waals surface area contributed by atoms with Gasteiger partial charge in [-0.3, -0.25) is 0 Å². The number of ether oxygens (including phenoxy) is 3. The standard InChI is InChI=1S/C18H21ClN2O4/c1-11(12-6-5-7-13(19)8-12)20-18(22)21-14-9-15(23-2)17(25-4)16(10-14)24-3/h5-11H,1-4H3,(H2,20,21,22). The van der Waals surface area contributed by atoms with Crippen molar-refractivity contribution < 1.29 is 19.0 Å². The maximum Gasteiger partial charge on any atom is 0.319 e. The highest BCUT2D eigenvalue weighted by atomic mass is 35.5. The monoisotopic (exact) mass is 364 g/mol. The fourth-order valence-electron chi connectivity index (χ4n) is 2.38. The molecule has 0 aromatic heterocycles. The van der Waals surface area contributed by atoms with Crippen LogP contribution in [0.3, 0.4) is 0 Å². The molecule has 2 N–H and O–H groups in total. The van der Waals surface area contributed by atoms with Crippen molar-refractivity contribution >= 4 is 23.3 Å². The Kier molecular flexibility index (Phi) is 6.36. The first kappa shape index (κ1) is 18.7. The molecule has 7 heteroatoms. The van der Waals surface area contributed by atoms with E-state index in [9.17, 15) is 4.79 Å². The van der Waals surface area contributed by atoms with Gasteiger partial charge < -0.3 is 24.8 Å². The molecule has 25 heavy (non-hydrogen) atoms. The van der Waals surface area contributed by atoms with Crippen molar-refractivity contribution in [2.45, 2.75) is 13.0 Å². The SMILES string of the molecule is COc1cc(NC(=O)NC(C)c2cccc(Cl)c2)cc(OC)c1OC. The topological polar surface area (TPSA) is 68.8 Å². The van der Waals surface area contributed by atoms with Gasteiger partial charge in [0.1, 0.15) is 0 Å². The van der Waals surface area contributed by atoms with E-state index in [-0.39, 0.29) is 12.1 Å². The van der Waals surface area contributed by atoms with Crippen LogP contribution in [0.25, 0.3) is 0 Å². The number of urea groups is 1. The molecule has 0 radical (unpaired) electrons. The molecule has 0 aliphatic rings. The molecule has 0 spiro atoms. The summed E-state index contributed by atoms with van der Waals surface area (Å²) < 4.78 is 15.8. The van der Waals surface area contributed by atoms with Gasteiger partial charge in [0, 0.05) is 17.2 Å². The van der Waals surface area contributed by atoms with Crippen molar-refractivity contribution in [2.75, 3.05) is 26.6 Å². The Hall–Kier alpha value is -2.60. The number of carbonyl (C=O) groups is 1. The third-order valence-corrected chi connectivity index (χ3v) is 3.85. The first-order valence-corrected chi connectivity index (χ1v) is 7.99. The molecule has 2 aromatic rings. The highest BCUT2D eigenvalue weighted by Gasteiger charge is 2.15. The van der Waals surface area contributed by atoms with Crippen LogP contribution < -0.4 is 24.8 Å². The predicted octanol–water partition coefficient (Wildman–Crippen LogP) is 4.25. The van der Waals surface area contributed by atoms with Crippen LogP contribution in [-0.2, 0) is 0 Å². The second-order valence-corrected chi connectivity index (χ2v) is 5.73. The number of rotatable bonds is 6. The number of hydrogen-bond donors (Lipinski definition) is 2. The summed E-state index contributed by atoms with van der Waals surface area (Å²) in [5, 5.41) is 6.23.